The minimum absolute atomic E-state index is 0.0700. The first-order chi connectivity index (χ1) is 12.1. The third kappa shape index (κ3) is 2.67. The summed E-state index contributed by atoms with van der Waals surface area (Å²) in [5.74, 6) is 0.996. The molecule has 0 radical (unpaired) electrons. The fourth-order valence-electron chi connectivity index (χ4n) is 3.16. The summed E-state index contributed by atoms with van der Waals surface area (Å²) < 4.78 is 1.74. The number of rotatable bonds is 2. The monoisotopic (exact) mass is 334 g/mol. The molecule has 7 heteroatoms. The Labute approximate surface area is 145 Å². The van der Waals surface area contributed by atoms with Gasteiger partial charge in [-0.2, -0.15) is 0 Å². The van der Waals surface area contributed by atoms with E-state index in [0.717, 1.165) is 17.0 Å². The lowest BCUT2D eigenvalue weighted by Gasteiger charge is -2.34. The maximum absolute atomic E-state index is 12.8. The van der Waals surface area contributed by atoms with Gasteiger partial charge in [0.1, 0.15) is 5.69 Å². The van der Waals surface area contributed by atoms with Crippen LogP contribution in [0.1, 0.15) is 34.8 Å². The number of fused-ring (bicyclic) bond motifs is 1. The topological polar surface area (TPSA) is 76.8 Å². The molecule has 0 aliphatic carbocycles. The highest BCUT2D eigenvalue weighted by Gasteiger charge is 2.31. The minimum Gasteiger partial charge on any atom is -0.330 e. The van der Waals surface area contributed by atoms with Crippen LogP contribution in [0.3, 0.4) is 0 Å². The van der Waals surface area contributed by atoms with Crippen LogP contribution in [-0.2, 0) is 13.5 Å². The molecule has 7 nitrogen and oxygen atoms in total. The molecule has 3 aromatic heterocycles. The maximum atomic E-state index is 12.8. The zero-order valence-corrected chi connectivity index (χ0v) is 14.1. The Morgan fingerprint density at radius 2 is 2.08 bits per heavy atom. The predicted molar refractivity (Wildman–Crippen MR) is 91.6 cm³/mol. The van der Waals surface area contributed by atoms with Crippen molar-refractivity contribution in [2.75, 3.05) is 6.54 Å². The summed E-state index contributed by atoms with van der Waals surface area (Å²) in [6, 6.07) is 5.59. The van der Waals surface area contributed by atoms with Crippen LogP contribution in [0, 0.1) is 0 Å². The Bertz CT molecular complexity index is 920. The van der Waals surface area contributed by atoms with E-state index in [1.165, 1.54) is 0 Å². The van der Waals surface area contributed by atoms with E-state index >= 15 is 0 Å². The van der Waals surface area contributed by atoms with Crippen LogP contribution in [0.4, 0.5) is 0 Å². The molecular formula is C18H18N6O. The molecule has 1 aliphatic rings. The van der Waals surface area contributed by atoms with Crippen LogP contribution in [0.2, 0.25) is 0 Å². The Morgan fingerprint density at radius 1 is 1.20 bits per heavy atom. The highest BCUT2D eigenvalue weighted by atomic mass is 16.2. The summed E-state index contributed by atoms with van der Waals surface area (Å²) in [6.45, 7) is 2.61. The molecule has 4 heterocycles. The molecular weight excluding hydrogens is 316 g/mol. The Kier molecular flexibility index (Phi) is 3.76. The summed E-state index contributed by atoms with van der Waals surface area (Å²) in [5, 5.41) is 0. The van der Waals surface area contributed by atoms with Crippen molar-refractivity contribution in [1.29, 1.82) is 0 Å². The third-order valence-electron chi connectivity index (χ3n) is 4.57. The van der Waals surface area contributed by atoms with Crippen molar-refractivity contribution in [2.24, 2.45) is 7.05 Å². The number of carbonyl (C=O) groups excluding carboxylic acids is 1. The van der Waals surface area contributed by atoms with Gasteiger partial charge >= 0.3 is 0 Å². The first-order valence-corrected chi connectivity index (χ1v) is 8.20. The molecule has 25 heavy (non-hydrogen) atoms. The fraction of sp³-hybridized carbons (Fsp3) is 0.278. The Hall–Kier alpha value is -3.09. The summed E-state index contributed by atoms with van der Waals surface area (Å²) in [4.78, 5) is 32.2. The second-order valence-corrected chi connectivity index (χ2v) is 6.10. The molecule has 1 atom stereocenters. The molecule has 3 aromatic rings. The average Bonchev–Trinajstić information content (AvgIpc) is 3.08. The van der Waals surface area contributed by atoms with Gasteiger partial charge in [0.2, 0.25) is 0 Å². The Balaban J connectivity index is 1.64. The van der Waals surface area contributed by atoms with E-state index in [9.17, 15) is 4.79 Å². The van der Waals surface area contributed by atoms with Crippen molar-refractivity contribution >= 4 is 5.91 Å². The van der Waals surface area contributed by atoms with Gasteiger partial charge in [0, 0.05) is 50.4 Å². The largest absolute Gasteiger partial charge is 0.330 e. The van der Waals surface area contributed by atoms with E-state index in [1.807, 2.05) is 43.3 Å². The second kappa shape index (κ2) is 6.08. The molecule has 1 aliphatic heterocycles. The Morgan fingerprint density at radius 3 is 2.80 bits per heavy atom. The van der Waals surface area contributed by atoms with Gasteiger partial charge in [0.15, 0.2) is 11.6 Å². The molecule has 0 bridgehead atoms. The normalized spacial score (nSPS) is 16.6. The fourth-order valence-corrected chi connectivity index (χ4v) is 3.16. The smallest absolute Gasteiger partial charge is 0.290 e. The maximum Gasteiger partial charge on any atom is 0.290 e. The number of pyridine rings is 1. The minimum atomic E-state index is -0.0919. The SMILES string of the molecule is CC1c2cnc(-c3ccccn3)nc2CCN1C(=O)c1nccn1C. The second-order valence-electron chi connectivity index (χ2n) is 6.10. The van der Waals surface area contributed by atoms with E-state index in [0.29, 0.717) is 24.6 Å². The standard InChI is InChI=1S/C18H18N6O/c1-12-13-11-21-16(15-5-3-4-7-19-15)22-14(13)6-9-24(12)18(25)17-20-8-10-23(17)2/h3-5,7-8,10-12H,6,9H2,1-2H3. The summed E-state index contributed by atoms with van der Waals surface area (Å²) >= 11 is 0. The number of amides is 1. The lowest BCUT2D eigenvalue weighted by atomic mass is 9.99. The van der Waals surface area contributed by atoms with Gasteiger partial charge < -0.3 is 9.47 Å². The van der Waals surface area contributed by atoms with Crippen LogP contribution in [-0.4, -0.2) is 41.9 Å². The van der Waals surface area contributed by atoms with Crippen LogP contribution >= 0.6 is 0 Å². The number of aryl methyl sites for hydroxylation is 1. The predicted octanol–water partition coefficient (Wildman–Crippen LogP) is 2.03. The van der Waals surface area contributed by atoms with Gasteiger partial charge in [-0.1, -0.05) is 6.07 Å². The molecule has 1 unspecified atom stereocenters. The molecule has 1 amide bonds. The highest BCUT2D eigenvalue weighted by Crippen LogP contribution is 2.29. The summed E-state index contributed by atoms with van der Waals surface area (Å²) in [5.41, 5.74) is 2.71. The number of hydrogen-bond donors (Lipinski definition) is 0. The summed E-state index contributed by atoms with van der Waals surface area (Å²) in [7, 11) is 1.82. The molecule has 0 saturated heterocycles. The molecule has 0 saturated carbocycles. The lowest BCUT2D eigenvalue weighted by molar-refractivity contribution is 0.0659. The van der Waals surface area contributed by atoms with Crippen molar-refractivity contribution in [3.8, 4) is 11.5 Å². The van der Waals surface area contributed by atoms with Crippen LogP contribution in [0.15, 0.2) is 43.0 Å². The van der Waals surface area contributed by atoms with Gasteiger partial charge in [-0.05, 0) is 19.1 Å². The van der Waals surface area contributed by atoms with Crippen molar-refractivity contribution in [1.82, 2.24) is 29.4 Å². The van der Waals surface area contributed by atoms with Gasteiger partial charge in [0.05, 0.1) is 11.7 Å². The van der Waals surface area contributed by atoms with Gasteiger partial charge in [-0.3, -0.25) is 9.78 Å². The first kappa shape index (κ1) is 15.4. The highest BCUT2D eigenvalue weighted by molar-refractivity contribution is 5.91. The zero-order chi connectivity index (χ0) is 17.4. The van der Waals surface area contributed by atoms with Gasteiger partial charge in [-0.25, -0.2) is 15.0 Å². The molecule has 0 spiro atoms. The van der Waals surface area contributed by atoms with Crippen molar-refractivity contribution in [3.05, 3.63) is 60.1 Å². The van der Waals surface area contributed by atoms with Crippen LogP contribution < -0.4 is 0 Å². The van der Waals surface area contributed by atoms with Crippen molar-refractivity contribution in [3.63, 3.8) is 0 Å². The molecule has 4 rings (SSSR count). The number of hydrogen-bond acceptors (Lipinski definition) is 5. The third-order valence-corrected chi connectivity index (χ3v) is 4.57. The van der Waals surface area contributed by atoms with E-state index in [-0.39, 0.29) is 11.9 Å². The zero-order valence-electron chi connectivity index (χ0n) is 14.1. The van der Waals surface area contributed by atoms with E-state index < -0.39 is 0 Å². The van der Waals surface area contributed by atoms with Crippen LogP contribution in [0.25, 0.3) is 11.5 Å². The van der Waals surface area contributed by atoms with Crippen molar-refractivity contribution < 1.29 is 4.79 Å². The van der Waals surface area contributed by atoms with Crippen molar-refractivity contribution in [2.45, 2.75) is 19.4 Å². The molecule has 0 fully saturated rings. The number of imidazole rings is 1. The van der Waals surface area contributed by atoms with E-state index in [2.05, 4.69) is 19.9 Å². The number of carbonyl (C=O) groups is 1. The summed E-state index contributed by atoms with van der Waals surface area (Å²) in [6.07, 6.45) is 7.65. The van der Waals surface area contributed by atoms with E-state index in [1.54, 1.807) is 23.2 Å². The number of nitrogens with zero attached hydrogens (tertiary/aromatic N) is 6. The average molecular weight is 334 g/mol. The quantitative estimate of drug-likeness (QED) is 0.717. The first-order valence-electron chi connectivity index (χ1n) is 8.20. The molecule has 0 N–H and O–H groups in total. The van der Waals surface area contributed by atoms with Gasteiger partial charge in [0.25, 0.3) is 5.91 Å². The van der Waals surface area contributed by atoms with Gasteiger partial charge in [-0.15, -0.1) is 0 Å². The van der Waals surface area contributed by atoms with Crippen LogP contribution in [0.5, 0.6) is 0 Å². The number of aromatic nitrogens is 5. The molecule has 0 aromatic carbocycles. The van der Waals surface area contributed by atoms with E-state index in [4.69, 9.17) is 0 Å². The molecule has 126 valence electrons. The lowest BCUT2D eigenvalue weighted by Crippen LogP contribution is -2.40.